The first-order valence-electron chi connectivity index (χ1n) is 11.5. The minimum atomic E-state index is -0.596. The Morgan fingerprint density at radius 3 is 2.38 bits per heavy atom. The molecule has 0 spiro atoms. The van der Waals surface area contributed by atoms with Crippen LogP contribution in [-0.2, 0) is 28.3 Å². The van der Waals surface area contributed by atoms with Gasteiger partial charge in [0.15, 0.2) is 0 Å². The van der Waals surface area contributed by atoms with Gasteiger partial charge >= 0.3 is 0 Å². The topological polar surface area (TPSA) is 49.4 Å². The van der Waals surface area contributed by atoms with Gasteiger partial charge in [-0.05, 0) is 48.2 Å². The number of carbonyl (C=O) groups excluding carboxylic acids is 2. The zero-order valence-electron chi connectivity index (χ0n) is 19.7. The molecule has 0 unspecified atom stereocenters. The number of benzene rings is 3. The van der Waals surface area contributed by atoms with Crippen molar-refractivity contribution in [1.29, 1.82) is 0 Å². The summed E-state index contributed by atoms with van der Waals surface area (Å²) in [4.78, 5) is 28.5. The number of nitrogens with zero attached hydrogens (tertiary/aromatic N) is 1. The molecule has 6 heteroatoms. The molecule has 0 aliphatic rings. The fourth-order valence-corrected chi connectivity index (χ4v) is 4.85. The van der Waals surface area contributed by atoms with E-state index in [0.717, 1.165) is 22.3 Å². The van der Waals surface area contributed by atoms with Crippen LogP contribution >= 0.6 is 23.4 Å². The lowest BCUT2D eigenvalue weighted by atomic mass is 10.0. The van der Waals surface area contributed by atoms with Gasteiger partial charge in [0.2, 0.25) is 11.8 Å². The summed E-state index contributed by atoms with van der Waals surface area (Å²) in [6.07, 6.45) is 0.462. The van der Waals surface area contributed by atoms with Gasteiger partial charge < -0.3 is 10.2 Å². The predicted molar refractivity (Wildman–Crippen MR) is 142 cm³/mol. The van der Waals surface area contributed by atoms with E-state index in [4.69, 9.17) is 11.6 Å². The van der Waals surface area contributed by atoms with Gasteiger partial charge in [-0.3, -0.25) is 9.59 Å². The van der Waals surface area contributed by atoms with Gasteiger partial charge in [-0.25, -0.2) is 0 Å². The number of halogens is 1. The molecule has 1 atom stereocenters. The number of rotatable bonds is 11. The molecule has 0 aromatic heterocycles. The van der Waals surface area contributed by atoms with Crippen LogP contribution < -0.4 is 5.32 Å². The highest BCUT2D eigenvalue weighted by atomic mass is 35.5. The van der Waals surface area contributed by atoms with Crippen molar-refractivity contribution < 1.29 is 9.59 Å². The molecule has 3 aromatic rings. The maximum atomic E-state index is 13.6. The van der Waals surface area contributed by atoms with Gasteiger partial charge in [0.05, 0.1) is 5.75 Å². The van der Waals surface area contributed by atoms with Crippen molar-refractivity contribution in [2.24, 2.45) is 0 Å². The Balaban J connectivity index is 1.83. The quantitative estimate of drug-likeness (QED) is 0.374. The van der Waals surface area contributed by atoms with E-state index >= 15 is 0 Å². The number of amides is 2. The van der Waals surface area contributed by atoms with Gasteiger partial charge in [-0.1, -0.05) is 78.3 Å². The van der Waals surface area contributed by atoms with E-state index in [2.05, 4.69) is 5.32 Å². The average molecular weight is 495 g/mol. The van der Waals surface area contributed by atoms with Crippen molar-refractivity contribution in [2.75, 3.05) is 12.3 Å². The second-order valence-corrected chi connectivity index (χ2v) is 9.59. The standard InChI is InChI=1S/C28H31ClN2O2S/c1-3-30-28(33)26(17-22-11-5-4-6-12-22)31(18-24-14-8-7-10-21(24)2)27(32)20-34-19-23-13-9-15-25(29)16-23/h4-16,26H,3,17-20H2,1-2H3,(H,30,33)/t26-/m1/s1. The fourth-order valence-electron chi connectivity index (χ4n) is 3.78. The molecule has 0 heterocycles. The largest absolute Gasteiger partial charge is 0.355 e. The van der Waals surface area contributed by atoms with Gasteiger partial charge in [0.25, 0.3) is 0 Å². The number of aryl methyl sites for hydroxylation is 1. The molecule has 0 fully saturated rings. The summed E-state index contributed by atoms with van der Waals surface area (Å²) >= 11 is 7.63. The van der Waals surface area contributed by atoms with Crippen molar-refractivity contribution in [3.8, 4) is 0 Å². The molecule has 4 nitrogen and oxygen atoms in total. The van der Waals surface area contributed by atoms with Crippen LogP contribution in [0.3, 0.4) is 0 Å². The van der Waals surface area contributed by atoms with Crippen LogP contribution in [0.25, 0.3) is 0 Å². The van der Waals surface area contributed by atoms with Crippen LogP contribution in [0.5, 0.6) is 0 Å². The summed E-state index contributed by atoms with van der Waals surface area (Å²) in [7, 11) is 0. The lowest BCUT2D eigenvalue weighted by Gasteiger charge is -2.32. The van der Waals surface area contributed by atoms with Crippen LogP contribution in [0.15, 0.2) is 78.9 Å². The molecule has 1 N–H and O–H groups in total. The highest BCUT2D eigenvalue weighted by molar-refractivity contribution is 7.99. The van der Waals surface area contributed by atoms with Crippen molar-refractivity contribution >= 4 is 35.2 Å². The van der Waals surface area contributed by atoms with E-state index in [-0.39, 0.29) is 17.6 Å². The second kappa shape index (κ2) is 13.2. The molecule has 0 radical (unpaired) electrons. The van der Waals surface area contributed by atoms with E-state index in [9.17, 15) is 9.59 Å². The third-order valence-electron chi connectivity index (χ3n) is 5.61. The SMILES string of the molecule is CCNC(=O)[C@@H](Cc1ccccc1)N(Cc1ccccc1C)C(=O)CSCc1cccc(Cl)c1. The van der Waals surface area contributed by atoms with Crippen molar-refractivity contribution in [3.63, 3.8) is 0 Å². The number of carbonyl (C=O) groups is 2. The molecule has 0 bridgehead atoms. The normalized spacial score (nSPS) is 11.6. The average Bonchev–Trinajstić information content (AvgIpc) is 2.83. The predicted octanol–water partition coefficient (Wildman–Crippen LogP) is 5.66. The fraction of sp³-hybridized carbons (Fsp3) is 0.286. The van der Waals surface area contributed by atoms with Crippen LogP contribution in [0.2, 0.25) is 5.02 Å². The Labute approximate surface area is 211 Å². The molecule has 0 aliphatic carbocycles. The van der Waals surface area contributed by atoms with Crippen LogP contribution in [0.1, 0.15) is 29.2 Å². The smallest absolute Gasteiger partial charge is 0.243 e. The molecule has 34 heavy (non-hydrogen) atoms. The number of hydrogen-bond acceptors (Lipinski definition) is 3. The molecule has 178 valence electrons. The van der Waals surface area contributed by atoms with Crippen LogP contribution in [-0.4, -0.2) is 35.1 Å². The Kier molecular flexibility index (Phi) is 10.0. The van der Waals surface area contributed by atoms with Gasteiger partial charge in [0.1, 0.15) is 6.04 Å². The van der Waals surface area contributed by atoms with E-state index < -0.39 is 6.04 Å². The van der Waals surface area contributed by atoms with Gasteiger partial charge in [0, 0.05) is 30.3 Å². The Morgan fingerprint density at radius 2 is 1.68 bits per heavy atom. The summed E-state index contributed by atoms with van der Waals surface area (Å²) in [5, 5.41) is 3.62. The summed E-state index contributed by atoms with van der Waals surface area (Å²) in [6.45, 7) is 4.83. The second-order valence-electron chi connectivity index (χ2n) is 8.17. The Bertz CT molecular complexity index is 1090. The first-order chi connectivity index (χ1) is 16.5. The zero-order chi connectivity index (χ0) is 24.3. The molecule has 0 saturated heterocycles. The van der Waals surface area contributed by atoms with Gasteiger partial charge in [-0.15, -0.1) is 11.8 Å². The Hall–Kier alpha value is -2.76. The monoisotopic (exact) mass is 494 g/mol. The highest BCUT2D eigenvalue weighted by Gasteiger charge is 2.30. The first kappa shape index (κ1) is 25.9. The van der Waals surface area contributed by atoms with E-state index in [1.54, 1.807) is 4.90 Å². The third kappa shape index (κ3) is 7.64. The molecule has 0 aliphatic heterocycles. The Morgan fingerprint density at radius 1 is 0.971 bits per heavy atom. The van der Waals surface area contributed by atoms with Gasteiger partial charge in [-0.2, -0.15) is 0 Å². The molecular weight excluding hydrogens is 464 g/mol. The van der Waals surface area contributed by atoms with E-state index in [1.807, 2.05) is 92.7 Å². The third-order valence-corrected chi connectivity index (χ3v) is 6.83. The maximum Gasteiger partial charge on any atom is 0.243 e. The van der Waals surface area contributed by atoms with E-state index in [1.165, 1.54) is 11.8 Å². The minimum absolute atomic E-state index is 0.0533. The highest BCUT2D eigenvalue weighted by Crippen LogP contribution is 2.21. The number of nitrogens with one attached hydrogen (secondary N) is 1. The maximum absolute atomic E-state index is 13.6. The zero-order valence-corrected chi connectivity index (χ0v) is 21.2. The summed E-state index contributed by atoms with van der Waals surface area (Å²) in [5.74, 6) is 0.772. The lowest BCUT2D eigenvalue weighted by molar-refractivity contribution is -0.139. The summed E-state index contributed by atoms with van der Waals surface area (Å²) in [6, 6.07) is 24.9. The molecular formula is C28H31ClN2O2S. The molecule has 3 rings (SSSR count). The molecule has 2 amide bonds. The van der Waals surface area contributed by atoms with Crippen molar-refractivity contribution in [1.82, 2.24) is 10.2 Å². The lowest BCUT2D eigenvalue weighted by Crippen LogP contribution is -2.51. The van der Waals surface area contributed by atoms with Crippen LogP contribution in [0.4, 0.5) is 0 Å². The van der Waals surface area contributed by atoms with Crippen LogP contribution in [0, 0.1) is 6.92 Å². The van der Waals surface area contributed by atoms with E-state index in [0.29, 0.717) is 30.3 Å². The number of hydrogen-bond donors (Lipinski definition) is 1. The summed E-state index contributed by atoms with van der Waals surface area (Å²) < 4.78 is 0. The minimum Gasteiger partial charge on any atom is -0.355 e. The molecule has 0 saturated carbocycles. The number of thioether (sulfide) groups is 1. The first-order valence-corrected chi connectivity index (χ1v) is 13.0. The summed E-state index contributed by atoms with van der Waals surface area (Å²) in [5.41, 5.74) is 4.23. The van der Waals surface area contributed by atoms with Crippen molar-refractivity contribution in [3.05, 3.63) is 106 Å². The molecule has 3 aromatic carbocycles. The van der Waals surface area contributed by atoms with Crippen molar-refractivity contribution in [2.45, 2.75) is 38.6 Å². The number of likely N-dealkylation sites (N-methyl/N-ethyl adjacent to an activating group) is 1.